The van der Waals surface area contributed by atoms with Crippen LogP contribution in [0.1, 0.15) is 36.8 Å². The quantitative estimate of drug-likeness (QED) is 0.231. The van der Waals surface area contributed by atoms with E-state index in [2.05, 4.69) is 6.08 Å². The number of hydrogen-bond donors (Lipinski definition) is 1. The minimum Gasteiger partial charge on any atom is -0.507 e. The SMILES string of the molecule is C[C@@]12C(=O)N(c3ccccc3)C(=O)[C@@H]1C[C@@H]1C(=CC[C@@H]3C(=O)N(Cc4ccccc4)C(=O)[C@@H]31)[C@@H]2c1ccc(O)c2ccccc12. The van der Waals surface area contributed by atoms with E-state index in [0.29, 0.717) is 23.9 Å². The lowest BCUT2D eigenvalue weighted by Gasteiger charge is -2.49. The maximum atomic E-state index is 14.6. The third kappa shape index (κ3) is 3.82. The number of phenols is 1. The van der Waals surface area contributed by atoms with Crippen LogP contribution in [0.5, 0.6) is 5.75 Å². The molecule has 0 spiro atoms. The van der Waals surface area contributed by atoms with Crippen molar-refractivity contribution in [3.05, 3.63) is 120 Å². The van der Waals surface area contributed by atoms with Crippen molar-refractivity contribution < 1.29 is 24.3 Å². The van der Waals surface area contributed by atoms with Crippen LogP contribution in [-0.2, 0) is 25.7 Å². The predicted molar refractivity (Wildman–Crippen MR) is 169 cm³/mol. The van der Waals surface area contributed by atoms with E-state index in [-0.39, 0.29) is 41.8 Å². The zero-order valence-electron chi connectivity index (χ0n) is 24.8. The molecule has 45 heavy (non-hydrogen) atoms. The number of rotatable bonds is 4. The standard InChI is InChI=1S/C38H32N2O5/c1-38-30(35(43)40(37(38)45)23-12-6-3-7-13-23)20-29-27(33(38)26-18-19-31(41)25-15-9-8-14-24(25)26)16-17-28-32(29)36(44)39(34(28)42)21-22-10-4-2-5-11-22/h2-16,18-19,28-30,32-33,41H,17,20-21H2,1H3/t28-,29+,30-,32-,33-,38+/m0/s1. The summed E-state index contributed by atoms with van der Waals surface area (Å²) in [4.78, 5) is 59.6. The number of para-hydroxylation sites is 1. The molecule has 8 rings (SSSR count). The first kappa shape index (κ1) is 27.5. The average molecular weight is 597 g/mol. The third-order valence-corrected chi connectivity index (χ3v) is 10.8. The highest BCUT2D eigenvalue weighted by Gasteiger charge is 2.67. The molecule has 2 aliphatic heterocycles. The van der Waals surface area contributed by atoms with Gasteiger partial charge in [-0.2, -0.15) is 0 Å². The smallest absolute Gasteiger partial charge is 0.241 e. The third-order valence-electron chi connectivity index (χ3n) is 10.8. The predicted octanol–water partition coefficient (Wildman–Crippen LogP) is 5.98. The second-order valence-electron chi connectivity index (χ2n) is 13.0. The highest BCUT2D eigenvalue weighted by atomic mass is 16.3. The van der Waals surface area contributed by atoms with E-state index in [1.165, 1.54) is 9.80 Å². The van der Waals surface area contributed by atoms with Gasteiger partial charge in [-0.25, -0.2) is 4.90 Å². The van der Waals surface area contributed by atoms with Gasteiger partial charge in [0.2, 0.25) is 23.6 Å². The first-order valence-corrected chi connectivity index (χ1v) is 15.5. The van der Waals surface area contributed by atoms with E-state index < -0.39 is 29.1 Å². The van der Waals surface area contributed by atoms with Crippen molar-refractivity contribution in [3.63, 3.8) is 0 Å². The lowest BCUT2D eigenvalue weighted by molar-refractivity contribution is -0.141. The second kappa shape index (κ2) is 9.99. The zero-order chi connectivity index (χ0) is 31.0. The second-order valence-corrected chi connectivity index (χ2v) is 13.0. The Bertz CT molecular complexity index is 1940. The maximum absolute atomic E-state index is 14.6. The summed E-state index contributed by atoms with van der Waals surface area (Å²) in [6.45, 7) is 2.10. The number of amides is 4. The van der Waals surface area contributed by atoms with Gasteiger partial charge >= 0.3 is 0 Å². The van der Waals surface area contributed by atoms with Crippen LogP contribution < -0.4 is 4.90 Å². The van der Waals surface area contributed by atoms with E-state index in [9.17, 15) is 24.3 Å². The Kier molecular flexibility index (Phi) is 6.11. The van der Waals surface area contributed by atoms with E-state index in [4.69, 9.17) is 0 Å². The Morgan fingerprint density at radius 3 is 2.16 bits per heavy atom. The fraction of sp³-hybridized carbons (Fsp3) is 0.263. The number of carbonyl (C=O) groups excluding carboxylic acids is 4. The number of carbonyl (C=O) groups is 4. The van der Waals surface area contributed by atoms with Gasteiger partial charge in [0.1, 0.15) is 5.75 Å². The summed E-state index contributed by atoms with van der Waals surface area (Å²) in [6.07, 6.45) is 2.77. The first-order valence-electron chi connectivity index (χ1n) is 15.5. The summed E-state index contributed by atoms with van der Waals surface area (Å²) < 4.78 is 0. The summed E-state index contributed by atoms with van der Waals surface area (Å²) in [5, 5.41) is 12.2. The molecule has 2 aliphatic carbocycles. The van der Waals surface area contributed by atoms with Crippen LogP contribution in [-0.4, -0.2) is 33.6 Å². The van der Waals surface area contributed by atoms with Crippen LogP contribution in [0.3, 0.4) is 0 Å². The largest absolute Gasteiger partial charge is 0.507 e. The van der Waals surface area contributed by atoms with Crippen molar-refractivity contribution in [3.8, 4) is 5.75 Å². The molecule has 6 atom stereocenters. The van der Waals surface area contributed by atoms with Crippen molar-refractivity contribution in [2.45, 2.75) is 32.2 Å². The number of nitrogens with zero attached hydrogens (tertiary/aromatic N) is 2. The lowest BCUT2D eigenvalue weighted by Crippen LogP contribution is -2.49. The molecule has 2 heterocycles. The number of hydrogen-bond acceptors (Lipinski definition) is 5. The Labute approximate surface area is 260 Å². The van der Waals surface area contributed by atoms with Crippen molar-refractivity contribution in [1.82, 2.24) is 4.90 Å². The summed E-state index contributed by atoms with van der Waals surface area (Å²) in [7, 11) is 0. The van der Waals surface area contributed by atoms with Crippen LogP contribution in [0.25, 0.3) is 10.8 Å². The van der Waals surface area contributed by atoms with Gasteiger partial charge in [0.25, 0.3) is 0 Å². The van der Waals surface area contributed by atoms with E-state index >= 15 is 0 Å². The molecular weight excluding hydrogens is 564 g/mol. The highest BCUT2D eigenvalue weighted by molar-refractivity contribution is 6.24. The number of aromatic hydroxyl groups is 1. The number of imide groups is 2. The Balaban J connectivity index is 1.29. The number of anilines is 1. The molecule has 7 nitrogen and oxygen atoms in total. The van der Waals surface area contributed by atoms with Gasteiger partial charge in [-0.3, -0.25) is 24.1 Å². The van der Waals surface area contributed by atoms with Gasteiger partial charge in [0.15, 0.2) is 0 Å². The number of fused-ring (bicyclic) bond motifs is 5. The Morgan fingerprint density at radius 2 is 1.42 bits per heavy atom. The van der Waals surface area contributed by atoms with E-state index in [1.54, 1.807) is 18.2 Å². The van der Waals surface area contributed by atoms with E-state index in [1.807, 2.05) is 85.8 Å². The van der Waals surface area contributed by atoms with Crippen molar-refractivity contribution in [1.29, 1.82) is 0 Å². The maximum Gasteiger partial charge on any atom is 0.241 e. The van der Waals surface area contributed by atoms with Crippen molar-refractivity contribution >= 4 is 40.1 Å². The molecule has 3 fully saturated rings. The van der Waals surface area contributed by atoms with Gasteiger partial charge in [0.05, 0.1) is 35.4 Å². The molecule has 0 bridgehead atoms. The summed E-state index contributed by atoms with van der Waals surface area (Å²) >= 11 is 0. The highest BCUT2D eigenvalue weighted by Crippen LogP contribution is 2.64. The molecule has 0 aromatic heterocycles. The minimum atomic E-state index is -1.14. The minimum absolute atomic E-state index is 0.133. The summed E-state index contributed by atoms with van der Waals surface area (Å²) in [5.41, 5.74) is 2.03. The molecule has 0 radical (unpaired) electrons. The lowest BCUT2D eigenvalue weighted by atomic mass is 9.51. The molecule has 1 N–H and O–H groups in total. The Morgan fingerprint density at radius 1 is 0.756 bits per heavy atom. The first-order chi connectivity index (χ1) is 21.8. The summed E-state index contributed by atoms with van der Waals surface area (Å²) in [5.74, 6) is -3.54. The number of benzene rings is 4. The summed E-state index contributed by atoms with van der Waals surface area (Å²) in [6, 6.07) is 29.5. The van der Waals surface area contributed by atoms with Gasteiger partial charge in [0, 0.05) is 11.3 Å². The monoisotopic (exact) mass is 596 g/mol. The van der Waals surface area contributed by atoms with Gasteiger partial charge in [-0.05, 0) is 60.4 Å². The Hall–Kier alpha value is -5.04. The fourth-order valence-corrected chi connectivity index (χ4v) is 8.73. The molecule has 4 aromatic carbocycles. The molecular formula is C38H32N2O5. The van der Waals surface area contributed by atoms with E-state index in [0.717, 1.165) is 22.1 Å². The van der Waals surface area contributed by atoms with Gasteiger partial charge in [-0.1, -0.05) is 90.5 Å². The topological polar surface area (TPSA) is 95.0 Å². The molecule has 2 saturated heterocycles. The molecule has 4 amide bonds. The molecule has 1 saturated carbocycles. The molecule has 4 aromatic rings. The van der Waals surface area contributed by atoms with Gasteiger partial charge in [-0.15, -0.1) is 0 Å². The molecule has 4 aliphatic rings. The molecule has 7 heteroatoms. The van der Waals surface area contributed by atoms with Crippen molar-refractivity contribution in [2.24, 2.45) is 29.1 Å². The average Bonchev–Trinajstić information content (AvgIpc) is 3.42. The van der Waals surface area contributed by atoms with Crippen LogP contribution in [0.15, 0.2) is 109 Å². The number of allylic oxidation sites excluding steroid dienone is 2. The molecule has 0 unspecified atom stereocenters. The van der Waals surface area contributed by atoms with Crippen LogP contribution in [0, 0.1) is 29.1 Å². The number of phenolic OH excluding ortho intramolecular Hbond substituents is 1. The normalized spacial score (nSPS) is 29.1. The van der Waals surface area contributed by atoms with Crippen molar-refractivity contribution in [2.75, 3.05) is 4.90 Å². The van der Waals surface area contributed by atoms with Gasteiger partial charge < -0.3 is 5.11 Å². The zero-order valence-corrected chi connectivity index (χ0v) is 24.8. The van der Waals surface area contributed by atoms with Crippen LogP contribution in [0.2, 0.25) is 0 Å². The molecule has 224 valence electrons. The fourth-order valence-electron chi connectivity index (χ4n) is 8.73. The van der Waals surface area contributed by atoms with Crippen LogP contribution in [0.4, 0.5) is 5.69 Å². The number of likely N-dealkylation sites (tertiary alicyclic amines) is 1. The van der Waals surface area contributed by atoms with Crippen LogP contribution >= 0.6 is 0 Å².